The van der Waals surface area contributed by atoms with Crippen molar-refractivity contribution in [2.75, 3.05) is 24.1 Å². The zero-order chi connectivity index (χ0) is 15.4. The first-order valence-corrected chi connectivity index (χ1v) is 8.79. The van der Waals surface area contributed by atoms with Crippen molar-refractivity contribution in [1.29, 1.82) is 0 Å². The Bertz CT molecular complexity index is 648. The van der Waals surface area contributed by atoms with Crippen LogP contribution in [0.3, 0.4) is 0 Å². The van der Waals surface area contributed by atoms with Crippen molar-refractivity contribution in [3.8, 4) is 11.1 Å². The van der Waals surface area contributed by atoms with Gasteiger partial charge in [0.15, 0.2) is 0 Å². The van der Waals surface area contributed by atoms with E-state index in [4.69, 9.17) is 0 Å². The minimum Gasteiger partial charge on any atom is -0.339 e. The lowest BCUT2D eigenvalue weighted by Crippen LogP contribution is -2.27. The van der Waals surface area contributed by atoms with Gasteiger partial charge in [0, 0.05) is 30.6 Å². The highest BCUT2D eigenvalue weighted by atomic mass is 32.2. The van der Waals surface area contributed by atoms with Crippen LogP contribution >= 0.6 is 11.9 Å². The molecule has 2 aromatic carbocycles. The van der Waals surface area contributed by atoms with Gasteiger partial charge in [-0.25, -0.2) is 0 Å². The second kappa shape index (κ2) is 6.88. The van der Waals surface area contributed by atoms with Crippen LogP contribution in [0.15, 0.2) is 48.5 Å². The molecule has 1 fully saturated rings. The molecule has 0 atom stereocenters. The van der Waals surface area contributed by atoms with E-state index in [2.05, 4.69) is 16.9 Å². The Kier molecular flexibility index (Phi) is 4.68. The normalized spacial score (nSPS) is 14.1. The summed E-state index contributed by atoms with van der Waals surface area (Å²) in [4.78, 5) is 14.3. The molecule has 3 nitrogen and oxygen atoms in total. The van der Waals surface area contributed by atoms with Gasteiger partial charge in [-0.3, -0.25) is 4.79 Å². The summed E-state index contributed by atoms with van der Waals surface area (Å²) in [6.45, 7) is 1.78. The Morgan fingerprint density at radius 3 is 2.45 bits per heavy atom. The molecule has 0 unspecified atom stereocenters. The van der Waals surface area contributed by atoms with Crippen molar-refractivity contribution in [3.63, 3.8) is 0 Å². The van der Waals surface area contributed by atoms with Gasteiger partial charge >= 0.3 is 0 Å². The zero-order valence-electron chi connectivity index (χ0n) is 12.7. The third-order valence-corrected chi connectivity index (χ3v) is 4.38. The van der Waals surface area contributed by atoms with Crippen molar-refractivity contribution in [2.24, 2.45) is 0 Å². The molecule has 1 heterocycles. The number of rotatable bonds is 4. The maximum atomic E-state index is 12.3. The number of amides is 1. The van der Waals surface area contributed by atoms with E-state index in [-0.39, 0.29) is 5.91 Å². The predicted octanol–water partition coefficient (Wildman–Crippen LogP) is 4.28. The molecular formula is C18H20N2OS. The largest absolute Gasteiger partial charge is 0.339 e. The van der Waals surface area contributed by atoms with E-state index < -0.39 is 0 Å². The summed E-state index contributed by atoms with van der Waals surface area (Å²) in [5.41, 5.74) is 4.15. The minimum absolute atomic E-state index is 0.154. The van der Waals surface area contributed by atoms with Crippen molar-refractivity contribution in [3.05, 3.63) is 54.1 Å². The van der Waals surface area contributed by atoms with Crippen LogP contribution in [0.4, 0.5) is 5.69 Å². The Morgan fingerprint density at radius 1 is 1.05 bits per heavy atom. The fourth-order valence-electron chi connectivity index (χ4n) is 2.79. The molecule has 1 N–H and O–H groups in total. The molecule has 1 saturated heterocycles. The number of carbonyl (C=O) groups is 1. The van der Waals surface area contributed by atoms with Crippen molar-refractivity contribution < 1.29 is 4.79 Å². The topological polar surface area (TPSA) is 32.3 Å². The average Bonchev–Trinajstić information content (AvgIpc) is 3.09. The molecule has 1 amide bonds. The zero-order valence-corrected chi connectivity index (χ0v) is 13.5. The van der Waals surface area contributed by atoms with Gasteiger partial charge < -0.3 is 9.62 Å². The lowest BCUT2D eigenvalue weighted by molar-refractivity contribution is 0.0793. The van der Waals surface area contributed by atoms with Crippen LogP contribution in [-0.2, 0) is 0 Å². The number of hydrogen-bond donors (Lipinski definition) is 1. The number of anilines is 1. The molecule has 4 heteroatoms. The molecule has 2 aromatic rings. The Labute approximate surface area is 135 Å². The fraction of sp³-hybridized carbons (Fsp3) is 0.278. The smallest absolute Gasteiger partial charge is 0.253 e. The monoisotopic (exact) mass is 312 g/mol. The molecule has 114 valence electrons. The maximum absolute atomic E-state index is 12.3. The van der Waals surface area contributed by atoms with Crippen LogP contribution in [-0.4, -0.2) is 30.2 Å². The molecule has 1 aliphatic heterocycles. The van der Waals surface area contributed by atoms with E-state index in [0.29, 0.717) is 0 Å². The van der Waals surface area contributed by atoms with Crippen LogP contribution in [0.1, 0.15) is 23.2 Å². The van der Waals surface area contributed by atoms with Gasteiger partial charge in [-0.15, -0.1) is 0 Å². The van der Waals surface area contributed by atoms with Gasteiger partial charge in [0.1, 0.15) is 0 Å². The summed E-state index contributed by atoms with van der Waals surface area (Å²) >= 11 is 1.58. The Morgan fingerprint density at radius 2 is 1.77 bits per heavy atom. The first-order chi connectivity index (χ1) is 10.8. The fourth-order valence-corrected chi connectivity index (χ4v) is 3.15. The lowest BCUT2D eigenvalue weighted by Gasteiger charge is -2.15. The molecule has 0 bridgehead atoms. The van der Waals surface area contributed by atoms with Gasteiger partial charge in [0.2, 0.25) is 0 Å². The number of nitrogens with one attached hydrogen (secondary N) is 1. The molecular weight excluding hydrogens is 292 g/mol. The van der Waals surface area contributed by atoms with Crippen LogP contribution in [0.2, 0.25) is 0 Å². The van der Waals surface area contributed by atoms with Gasteiger partial charge in [-0.05, 0) is 48.2 Å². The highest BCUT2D eigenvalue weighted by Gasteiger charge is 2.19. The molecule has 0 radical (unpaired) electrons. The summed E-state index contributed by atoms with van der Waals surface area (Å²) < 4.78 is 3.24. The predicted molar refractivity (Wildman–Crippen MR) is 94.2 cm³/mol. The van der Waals surface area contributed by atoms with Crippen LogP contribution in [0.5, 0.6) is 0 Å². The van der Waals surface area contributed by atoms with Crippen LogP contribution < -0.4 is 4.72 Å². The summed E-state index contributed by atoms with van der Waals surface area (Å²) in [6.07, 6.45) is 4.25. The van der Waals surface area contributed by atoms with Gasteiger partial charge in [-0.2, -0.15) is 0 Å². The summed E-state index contributed by atoms with van der Waals surface area (Å²) in [5, 5.41) is 0. The van der Waals surface area contributed by atoms with E-state index >= 15 is 0 Å². The maximum Gasteiger partial charge on any atom is 0.253 e. The van der Waals surface area contributed by atoms with Gasteiger partial charge in [-0.1, -0.05) is 36.2 Å². The Hall–Kier alpha value is -1.94. The molecule has 1 aliphatic rings. The quantitative estimate of drug-likeness (QED) is 0.855. The van der Waals surface area contributed by atoms with Crippen LogP contribution in [0.25, 0.3) is 11.1 Å². The molecule has 0 aliphatic carbocycles. The van der Waals surface area contributed by atoms with E-state index in [1.165, 1.54) is 0 Å². The lowest BCUT2D eigenvalue weighted by atomic mass is 10.0. The van der Waals surface area contributed by atoms with E-state index in [1.54, 1.807) is 11.9 Å². The highest BCUT2D eigenvalue weighted by molar-refractivity contribution is 7.99. The van der Waals surface area contributed by atoms with Crippen molar-refractivity contribution >= 4 is 23.5 Å². The number of carbonyl (C=O) groups excluding carboxylic acids is 1. The number of likely N-dealkylation sites (tertiary alicyclic amines) is 1. The molecule has 3 rings (SSSR count). The summed E-state index contributed by atoms with van der Waals surface area (Å²) in [5.74, 6) is 0.154. The molecule has 0 aromatic heterocycles. The summed E-state index contributed by atoms with van der Waals surface area (Å²) in [7, 11) is 0. The highest BCUT2D eigenvalue weighted by Crippen LogP contribution is 2.24. The third-order valence-electron chi connectivity index (χ3n) is 3.94. The van der Waals surface area contributed by atoms with Crippen molar-refractivity contribution in [2.45, 2.75) is 12.8 Å². The van der Waals surface area contributed by atoms with Gasteiger partial charge in [0.05, 0.1) is 0 Å². The standard InChI is InChI=1S/C18H20N2OS/c1-22-19-17-6-4-5-16(13-17)14-7-9-15(10-8-14)18(21)20-11-2-3-12-20/h4-10,13,19H,2-3,11-12H2,1H3. The van der Waals surface area contributed by atoms with Gasteiger partial charge in [0.25, 0.3) is 5.91 Å². The van der Waals surface area contributed by atoms with E-state index in [0.717, 1.165) is 48.3 Å². The molecule has 0 saturated carbocycles. The first-order valence-electron chi connectivity index (χ1n) is 7.57. The van der Waals surface area contributed by atoms with E-state index in [1.807, 2.05) is 47.6 Å². The number of benzene rings is 2. The SMILES string of the molecule is CSNc1cccc(-c2ccc(C(=O)N3CCCC3)cc2)c1. The van der Waals surface area contributed by atoms with Crippen molar-refractivity contribution in [1.82, 2.24) is 4.90 Å². The number of hydrogen-bond acceptors (Lipinski definition) is 3. The third kappa shape index (κ3) is 3.28. The molecule has 0 spiro atoms. The van der Waals surface area contributed by atoms with E-state index in [9.17, 15) is 4.79 Å². The second-order valence-corrected chi connectivity index (χ2v) is 6.08. The minimum atomic E-state index is 0.154. The van der Waals surface area contributed by atoms with Crippen LogP contribution in [0, 0.1) is 0 Å². The number of nitrogens with zero attached hydrogens (tertiary/aromatic N) is 1. The average molecular weight is 312 g/mol. The first kappa shape index (κ1) is 15.0. The molecule has 22 heavy (non-hydrogen) atoms. The Balaban J connectivity index is 1.78. The second-order valence-electron chi connectivity index (χ2n) is 5.46. The summed E-state index contributed by atoms with van der Waals surface area (Å²) in [6, 6.07) is 16.2.